The topological polar surface area (TPSA) is 38.3 Å². The van der Waals surface area contributed by atoms with Gasteiger partial charge in [0.05, 0.1) is 6.04 Å². The van der Waals surface area contributed by atoms with Crippen molar-refractivity contribution in [3.63, 3.8) is 0 Å². The van der Waals surface area contributed by atoms with Gasteiger partial charge >= 0.3 is 0 Å². The Hall–Kier alpha value is -0.410. The summed E-state index contributed by atoms with van der Waals surface area (Å²) in [6.45, 7) is 11.2. The summed E-state index contributed by atoms with van der Waals surface area (Å²) in [4.78, 5) is 11.3. The Morgan fingerprint density at radius 1 is 1.22 bits per heavy atom. The van der Waals surface area contributed by atoms with Crippen molar-refractivity contribution in [2.24, 2.45) is 0 Å². The molecule has 0 bridgehead atoms. The normalized spacial score (nSPS) is 21.4. The number of methoxy groups -OCH3 is 1. The van der Waals surface area contributed by atoms with Crippen LogP contribution in [0.4, 0.5) is 0 Å². The molecule has 0 radical (unpaired) electrons. The summed E-state index contributed by atoms with van der Waals surface area (Å²) in [6, 6.07) is 0.714. The minimum absolute atomic E-state index is 0.171. The molecule has 18 heavy (non-hydrogen) atoms. The molecule has 1 N–H and O–H groups in total. The number of ketones is 1. The molecule has 0 aliphatic carbocycles. The summed E-state index contributed by atoms with van der Waals surface area (Å²) >= 11 is 0. The van der Waals surface area contributed by atoms with Crippen LogP contribution in [0.25, 0.3) is 0 Å². The van der Waals surface area contributed by atoms with Crippen LogP contribution in [0.3, 0.4) is 0 Å². The highest BCUT2D eigenvalue weighted by atomic mass is 16.5. The van der Waals surface area contributed by atoms with Gasteiger partial charge in [-0.2, -0.15) is 0 Å². The van der Waals surface area contributed by atoms with Crippen molar-refractivity contribution in [2.75, 3.05) is 13.7 Å². The number of ether oxygens (including phenoxy) is 1. The molecule has 2 unspecified atom stereocenters. The molecule has 1 fully saturated rings. The zero-order valence-electron chi connectivity index (χ0n) is 13.2. The third-order valence-electron chi connectivity index (χ3n) is 2.67. The molecular weight excluding hydrogens is 226 g/mol. The van der Waals surface area contributed by atoms with E-state index in [-0.39, 0.29) is 6.04 Å². The monoisotopic (exact) mass is 259 g/mol. The quantitative estimate of drug-likeness (QED) is 0.820. The molecule has 1 aliphatic rings. The zero-order valence-corrected chi connectivity index (χ0v) is 13.2. The number of carbonyl (C=O) groups is 1. The predicted molar refractivity (Wildman–Crippen MR) is 79.0 cm³/mol. The van der Waals surface area contributed by atoms with Crippen LogP contribution >= 0.6 is 0 Å². The molecule has 110 valence electrons. The number of hydrogen-bond acceptors (Lipinski definition) is 3. The Balaban J connectivity index is 0. The van der Waals surface area contributed by atoms with E-state index in [1.165, 1.54) is 0 Å². The fourth-order valence-corrected chi connectivity index (χ4v) is 1.81. The lowest BCUT2D eigenvalue weighted by Gasteiger charge is -2.08. The Labute approximate surface area is 114 Å². The van der Waals surface area contributed by atoms with Crippen LogP contribution in [0.5, 0.6) is 0 Å². The summed E-state index contributed by atoms with van der Waals surface area (Å²) in [7, 11) is 1.71. The zero-order chi connectivity index (χ0) is 14.4. The first-order valence-electron chi connectivity index (χ1n) is 7.43. The van der Waals surface area contributed by atoms with Crippen LogP contribution in [0.1, 0.15) is 66.7 Å². The second-order valence-electron chi connectivity index (χ2n) is 4.41. The molecule has 0 saturated carbocycles. The molecule has 0 aromatic rings. The van der Waals surface area contributed by atoms with Crippen LogP contribution in [-0.4, -0.2) is 31.6 Å². The summed E-state index contributed by atoms with van der Waals surface area (Å²) < 4.78 is 4.69. The second kappa shape index (κ2) is 14.7. The lowest BCUT2D eigenvalue weighted by Crippen LogP contribution is -2.33. The Morgan fingerprint density at radius 3 is 2.11 bits per heavy atom. The number of carbonyl (C=O) groups excluding carboxylic acids is 1. The van der Waals surface area contributed by atoms with Gasteiger partial charge in [-0.05, 0) is 32.6 Å². The van der Waals surface area contributed by atoms with Gasteiger partial charge in [-0.25, -0.2) is 0 Å². The summed E-state index contributed by atoms with van der Waals surface area (Å²) in [5, 5.41) is 3.29. The van der Waals surface area contributed by atoms with Gasteiger partial charge < -0.3 is 10.1 Å². The highest BCUT2D eigenvalue weighted by Crippen LogP contribution is 2.13. The standard InChI is InChI=1S/C9H17NO.C4H10O.C2H6/c1-3-4-9(11)8-6-5-7(2)10-8;1-3-4-5-2;1-2/h7-8,10H,3-6H2,1-2H3;3-4H2,1-2H3;1-2H3. The van der Waals surface area contributed by atoms with E-state index in [9.17, 15) is 4.79 Å². The minimum atomic E-state index is 0.171. The summed E-state index contributed by atoms with van der Waals surface area (Å²) in [5.74, 6) is 0.400. The molecule has 3 heteroatoms. The molecule has 3 nitrogen and oxygen atoms in total. The molecule has 1 heterocycles. The number of hydrogen-bond donors (Lipinski definition) is 1. The maximum absolute atomic E-state index is 11.3. The molecule has 1 rings (SSSR count). The van der Waals surface area contributed by atoms with E-state index < -0.39 is 0 Å². The van der Waals surface area contributed by atoms with Crippen molar-refractivity contribution in [2.45, 2.75) is 78.8 Å². The van der Waals surface area contributed by atoms with Crippen LogP contribution in [0, 0.1) is 0 Å². The largest absolute Gasteiger partial charge is 0.385 e. The smallest absolute Gasteiger partial charge is 0.149 e. The first-order chi connectivity index (χ1) is 8.65. The number of rotatable bonds is 5. The minimum Gasteiger partial charge on any atom is -0.385 e. The maximum Gasteiger partial charge on any atom is 0.149 e. The van der Waals surface area contributed by atoms with Crippen molar-refractivity contribution >= 4 is 5.78 Å². The van der Waals surface area contributed by atoms with E-state index >= 15 is 0 Å². The van der Waals surface area contributed by atoms with E-state index in [1.54, 1.807) is 7.11 Å². The fourth-order valence-electron chi connectivity index (χ4n) is 1.81. The van der Waals surface area contributed by atoms with E-state index in [2.05, 4.69) is 26.1 Å². The van der Waals surface area contributed by atoms with Crippen molar-refractivity contribution in [3.8, 4) is 0 Å². The van der Waals surface area contributed by atoms with E-state index in [4.69, 9.17) is 4.74 Å². The number of nitrogens with one attached hydrogen (secondary N) is 1. The van der Waals surface area contributed by atoms with Gasteiger partial charge in [-0.15, -0.1) is 0 Å². The summed E-state index contributed by atoms with van der Waals surface area (Å²) in [6.07, 6.45) is 5.03. The molecule has 0 aromatic heterocycles. The van der Waals surface area contributed by atoms with Gasteiger partial charge in [0.2, 0.25) is 0 Å². The summed E-state index contributed by atoms with van der Waals surface area (Å²) in [5.41, 5.74) is 0. The van der Waals surface area contributed by atoms with Crippen molar-refractivity contribution in [3.05, 3.63) is 0 Å². The van der Waals surface area contributed by atoms with Crippen molar-refractivity contribution in [1.29, 1.82) is 0 Å². The van der Waals surface area contributed by atoms with Gasteiger partial charge in [0.1, 0.15) is 5.78 Å². The first-order valence-corrected chi connectivity index (χ1v) is 7.43. The molecule has 1 aliphatic heterocycles. The SMILES string of the molecule is CC.CCCC(=O)C1CCC(C)N1.CCCOC. The van der Waals surface area contributed by atoms with Gasteiger partial charge in [0.25, 0.3) is 0 Å². The van der Waals surface area contributed by atoms with Crippen LogP contribution in [0.15, 0.2) is 0 Å². The third kappa shape index (κ3) is 10.7. The Kier molecular flexibility index (Phi) is 16.2. The molecule has 2 atom stereocenters. The lowest BCUT2D eigenvalue weighted by atomic mass is 10.1. The average molecular weight is 259 g/mol. The highest BCUT2D eigenvalue weighted by Gasteiger charge is 2.25. The van der Waals surface area contributed by atoms with Gasteiger partial charge in [0, 0.05) is 26.2 Å². The Bertz CT molecular complexity index is 181. The molecule has 0 spiro atoms. The molecule has 0 amide bonds. The molecular formula is C15H33NO2. The van der Waals surface area contributed by atoms with Crippen LogP contribution < -0.4 is 5.32 Å². The van der Waals surface area contributed by atoms with E-state index in [1.807, 2.05) is 13.8 Å². The van der Waals surface area contributed by atoms with E-state index in [0.717, 1.165) is 38.7 Å². The van der Waals surface area contributed by atoms with Crippen LogP contribution in [0.2, 0.25) is 0 Å². The maximum atomic E-state index is 11.3. The van der Waals surface area contributed by atoms with Crippen molar-refractivity contribution < 1.29 is 9.53 Å². The van der Waals surface area contributed by atoms with Crippen LogP contribution in [-0.2, 0) is 9.53 Å². The first kappa shape index (κ1) is 19.9. The molecule has 1 saturated heterocycles. The van der Waals surface area contributed by atoms with E-state index in [0.29, 0.717) is 11.8 Å². The lowest BCUT2D eigenvalue weighted by molar-refractivity contribution is -0.120. The van der Waals surface area contributed by atoms with Gasteiger partial charge in [-0.1, -0.05) is 27.7 Å². The Morgan fingerprint density at radius 2 is 1.83 bits per heavy atom. The number of Topliss-reactive ketones (excluding diaryl/α,β-unsaturated/α-hetero) is 1. The highest BCUT2D eigenvalue weighted by molar-refractivity contribution is 5.84. The average Bonchev–Trinajstić information content (AvgIpc) is 2.81. The van der Waals surface area contributed by atoms with Gasteiger partial charge in [-0.3, -0.25) is 4.79 Å². The molecule has 0 aromatic carbocycles. The third-order valence-corrected chi connectivity index (χ3v) is 2.67. The fraction of sp³-hybridized carbons (Fsp3) is 0.933. The second-order valence-corrected chi connectivity index (χ2v) is 4.41. The van der Waals surface area contributed by atoms with Gasteiger partial charge in [0.15, 0.2) is 0 Å². The van der Waals surface area contributed by atoms with Crippen molar-refractivity contribution in [1.82, 2.24) is 5.32 Å². The predicted octanol–water partition coefficient (Wildman–Crippen LogP) is 3.57.